The predicted molar refractivity (Wildman–Crippen MR) is 95.6 cm³/mol. The number of hydrogen-bond donors (Lipinski definition) is 0. The van der Waals surface area contributed by atoms with Crippen LogP contribution in [-0.4, -0.2) is 35.2 Å². The van der Waals surface area contributed by atoms with Crippen LogP contribution in [0.15, 0.2) is 41.3 Å². The molecule has 0 amide bonds. The molecule has 1 aliphatic rings. The second-order valence-electron chi connectivity index (χ2n) is 6.17. The van der Waals surface area contributed by atoms with Gasteiger partial charge in [0.05, 0.1) is 32.0 Å². The van der Waals surface area contributed by atoms with Crippen molar-refractivity contribution in [2.45, 2.75) is 25.6 Å². The van der Waals surface area contributed by atoms with Gasteiger partial charge in [0, 0.05) is 30.3 Å². The van der Waals surface area contributed by atoms with Crippen molar-refractivity contribution in [1.29, 1.82) is 0 Å². The van der Waals surface area contributed by atoms with Crippen LogP contribution in [0.25, 0.3) is 0 Å². The van der Waals surface area contributed by atoms with E-state index in [1.807, 2.05) is 18.2 Å². The van der Waals surface area contributed by atoms with Gasteiger partial charge in [-0.1, -0.05) is 0 Å². The molecule has 0 spiro atoms. The summed E-state index contributed by atoms with van der Waals surface area (Å²) >= 11 is 0. The SMILES string of the molecule is COc1ccc(OC)c([C@@H]2CCCN2Cn2cc([N+](=O)[O-])ccc2=O)c1. The van der Waals surface area contributed by atoms with Gasteiger partial charge in [0.25, 0.3) is 11.2 Å². The molecule has 1 fully saturated rings. The molecule has 0 aliphatic carbocycles. The van der Waals surface area contributed by atoms with Gasteiger partial charge >= 0.3 is 0 Å². The van der Waals surface area contributed by atoms with Crippen molar-refractivity contribution in [2.24, 2.45) is 0 Å². The fourth-order valence-electron chi connectivity index (χ4n) is 3.38. The molecule has 3 rings (SSSR count). The molecule has 2 heterocycles. The Kier molecular flexibility index (Phi) is 5.22. The van der Waals surface area contributed by atoms with Crippen LogP contribution >= 0.6 is 0 Å². The number of pyridine rings is 1. The largest absolute Gasteiger partial charge is 0.497 e. The highest BCUT2D eigenvalue weighted by Crippen LogP contribution is 2.39. The molecule has 26 heavy (non-hydrogen) atoms. The molecule has 1 aromatic heterocycles. The second-order valence-corrected chi connectivity index (χ2v) is 6.17. The van der Waals surface area contributed by atoms with E-state index in [2.05, 4.69) is 4.90 Å². The van der Waals surface area contributed by atoms with Gasteiger partial charge in [-0.15, -0.1) is 0 Å². The van der Waals surface area contributed by atoms with Crippen molar-refractivity contribution >= 4 is 5.69 Å². The number of methoxy groups -OCH3 is 2. The number of nitrogens with zero attached hydrogens (tertiary/aromatic N) is 3. The van der Waals surface area contributed by atoms with Crippen LogP contribution in [0.4, 0.5) is 5.69 Å². The summed E-state index contributed by atoms with van der Waals surface area (Å²) in [7, 11) is 3.23. The summed E-state index contributed by atoms with van der Waals surface area (Å²) in [5.74, 6) is 1.49. The Hall–Kier alpha value is -2.87. The van der Waals surface area contributed by atoms with Gasteiger partial charge in [-0.2, -0.15) is 0 Å². The molecule has 0 radical (unpaired) electrons. The van der Waals surface area contributed by atoms with Crippen LogP contribution in [0.5, 0.6) is 11.5 Å². The van der Waals surface area contributed by atoms with E-state index in [0.717, 1.165) is 36.4 Å². The fourth-order valence-corrected chi connectivity index (χ4v) is 3.38. The summed E-state index contributed by atoms with van der Waals surface area (Å²) in [4.78, 5) is 24.7. The van der Waals surface area contributed by atoms with E-state index in [1.54, 1.807) is 14.2 Å². The molecule has 138 valence electrons. The second kappa shape index (κ2) is 7.57. The molecular formula is C18H21N3O5. The summed E-state index contributed by atoms with van der Waals surface area (Å²) in [5.41, 5.74) is 0.626. The van der Waals surface area contributed by atoms with E-state index in [0.29, 0.717) is 0 Å². The van der Waals surface area contributed by atoms with Gasteiger partial charge in [0.1, 0.15) is 11.5 Å². The summed E-state index contributed by atoms with van der Waals surface area (Å²) < 4.78 is 12.2. The van der Waals surface area contributed by atoms with Crippen molar-refractivity contribution in [3.8, 4) is 11.5 Å². The average Bonchev–Trinajstić information content (AvgIpc) is 3.10. The third kappa shape index (κ3) is 3.55. The van der Waals surface area contributed by atoms with Crippen LogP contribution in [0.3, 0.4) is 0 Å². The number of aromatic nitrogens is 1. The van der Waals surface area contributed by atoms with Crippen LogP contribution in [0.1, 0.15) is 24.4 Å². The van der Waals surface area contributed by atoms with E-state index in [1.165, 1.54) is 22.9 Å². The first-order valence-corrected chi connectivity index (χ1v) is 8.34. The molecule has 8 heteroatoms. The maximum Gasteiger partial charge on any atom is 0.285 e. The lowest BCUT2D eigenvalue weighted by molar-refractivity contribution is -0.385. The monoisotopic (exact) mass is 359 g/mol. The van der Waals surface area contributed by atoms with E-state index < -0.39 is 4.92 Å². The van der Waals surface area contributed by atoms with E-state index in [-0.39, 0.29) is 24.0 Å². The zero-order chi connectivity index (χ0) is 18.7. The summed E-state index contributed by atoms with van der Waals surface area (Å²) in [5, 5.41) is 11.0. The molecule has 0 bridgehead atoms. The Balaban J connectivity index is 1.91. The molecule has 2 aromatic rings. The van der Waals surface area contributed by atoms with Crippen LogP contribution < -0.4 is 15.0 Å². The van der Waals surface area contributed by atoms with Crippen LogP contribution in [0, 0.1) is 10.1 Å². The first kappa shape index (κ1) is 17.9. The summed E-state index contributed by atoms with van der Waals surface area (Å²) in [6, 6.07) is 8.15. The minimum absolute atomic E-state index is 0.0474. The minimum Gasteiger partial charge on any atom is -0.497 e. The quantitative estimate of drug-likeness (QED) is 0.582. The highest BCUT2D eigenvalue weighted by molar-refractivity contribution is 5.42. The average molecular weight is 359 g/mol. The topological polar surface area (TPSA) is 86.8 Å². The molecule has 0 unspecified atom stereocenters. The third-order valence-electron chi connectivity index (χ3n) is 4.67. The maximum atomic E-state index is 12.1. The molecule has 8 nitrogen and oxygen atoms in total. The highest BCUT2D eigenvalue weighted by atomic mass is 16.6. The molecular weight excluding hydrogens is 338 g/mol. The molecule has 0 saturated carbocycles. The zero-order valence-electron chi connectivity index (χ0n) is 14.8. The normalized spacial score (nSPS) is 17.2. The Labute approximate surface area is 150 Å². The number of nitro groups is 1. The first-order chi connectivity index (χ1) is 12.5. The Morgan fingerprint density at radius 3 is 2.73 bits per heavy atom. The maximum absolute atomic E-state index is 12.1. The van der Waals surface area contributed by atoms with Crippen molar-refractivity contribution in [2.75, 3.05) is 20.8 Å². The van der Waals surface area contributed by atoms with Crippen molar-refractivity contribution in [1.82, 2.24) is 9.47 Å². The van der Waals surface area contributed by atoms with E-state index in [4.69, 9.17) is 9.47 Å². The third-order valence-corrected chi connectivity index (χ3v) is 4.67. The number of benzene rings is 1. The molecule has 1 aromatic carbocycles. The van der Waals surface area contributed by atoms with Gasteiger partial charge in [-0.3, -0.25) is 24.4 Å². The number of rotatable bonds is 6. The van der Waals surface area contributed by atoms with Crippen molar-refractivity contribution in [3.05, 3.63) is 62.6 Å². The number of hydrogen-bond acceptors (Lipinski definition) is 6. The lowest BCUT2D eigenvalue weighted by Crippen LogP contribution is -2.31. The predicted octanol–water partition coefficient (Wildman–Crippen LogP) is 2.57. The molecule has 0 N–H and O–H groups in total. The number of ether oxygens (including phenoxy) is 2. The van der Waals surface area contributed by atoms with E-state index in [9.17, 15) is 14.9 Å². The summed E-state index contributed by atoms with van der Waals surface area (Å²) in [6.07, 6.45) is 3.17. The lowest BCUT2D eigenvalue weighted by atomic mass is 10.0. The lowest BCUT2D eigenvalue weighted by Gasteiger charge is -2.27. The Morgan fingerprint density at radius 2 is 2.04 bits per heavy atom. The zero-order valence-corrected chi connectivity index (χ0v) is 14.8. The molecule has 1 saturated heterocycles. The number of likely N-dealkylation sites (tertiary alicyclic amines) is 1. The minimum atomic E-state index is -0.498. The standard InChI is InChI=1S/C18H21N3O5/c1-25-14-6-7-17(26-2)15(10-14)16-4-3-9-19(16)12-20-11-13(21(23)24)5-8-18(20)22/h5-8,10-11,16H,3-4,9,12H2,1-2H3/t16-/m0/s1. The van der Waals surface area contributed by atoms with Gasteiger partial charge in [0.15, 0.2) is 0 Å². The Bertz CT molecular complexity index is 864. The van der Waals surface area contributed by atoms with Crippen LogP contribution in [0.2, 0.25) is 0 Å². The fraction of sp³-hybridized carbons (Fsp3) is 0.389. The smallest absolute Gasteiger partial charge is 0.285 e. The van der Waals surface area contributed by atoms with Gasteiger partial charge in [-0.25, -0.2) is 0 Å². The van der Waals surface area contributed by atoms with E-state index >= 15 is 0 Å². The molecule has 1 aliphatic heterocycles. The van der Waals surface area contributed by atoms with Gasteiger partial charge < -0.3 is 9.47 Å². The summed E-state index contributed by atoms with van der Waals surface area (Å²) in [6.45, 7) is 1.08. The van der Waals surface area contributed by atoms with Crippen LogP contribution in [-0.2, 0) is 6.67 Å². The van der Waals surface area contributed by atoms with Gasteiger partial charge in [-0.05, 0) is 31.0 Å². The van der Waals surface area contributed by atoms with Crippen molar-refractivity contribution < 1.29 is 14.4 Å². The van der Waals surface area contributed by atoms with Gasteiger partial charge in [0.2, 0.25) is 0 Å². The Morgan fingerprint density at radius 1 is 1.23 bits per heavy atom. The first-order valence-electron chi connectivity index (χ1n) is 8.34. The molecule has 1 atom stereocenters. The highest BCUT2D eigenvalue weighted by Gasteiger charge is 2.29. The van der Waals surface area contributed by atoms with Crippen molar-refractivity contribution in [3.63, 3.8) is 0 Å².